The van der Waals surface area contributed by atoms with Gasteiger partial charge in [-0.25, -0.2) is 9.18 Å². The van der Waals surface area contributed by atoms with E-state index in [-0.39, 0.29) is 23.7 Å². The van der Waals surface area contributed by atoms with Gasteiger partial charge in [0.1, 0.15) is 11.9 Å². The number of carbonyl (C=O) groups excluding carboxylic acids is 2. The van der Waals surface area contributed by atoms with Crippen molar-refractivity contribution in [2.45, 2.75) is 56.7 Å². The molecule has 4 atom stereocenters. The monoisotopic (exact) mass is 574 g/mol. The number of methoxy groups -OCH3 is 1. The lowest BCUT2D eigenvalue weighted by Gasteiger charge is -2.38. The molecule has 0 bridgehead atoms. The molecule has 4 rings (SSSR count). The third-order valence-corrected chi connectivity index (χ3v) is 8.58. The number of likely N-dealkylation sites (N-methyl/N-ethyl adjacent to an activating group) is 1. The third-order valence-electron chi connectivity index (χ3n) is 8.32. The summed E-state index contributed by atoms with van der Waals surface area (Å²) in [4.78, 5) is 28.8. The summed E-state index contributed by atoms with van der Waals surface area (Å²) in [5.41, 5.74) is 1.73. The number of anilines is 1. The van der Waals surface area contributed by atoms with E-state index in [0.29, 0.717) is 41.9 Å². The Morgan fingerprint density at radius 2 is 1.90 bits per heavy atom. The van der Waals surface area contributed by atoms with Gasteiger partial charge in [0.05, 0.1) is 7.11 Å². The van der Waals surface area contributed by atoms with Gasteiger partial charge in [0, 0.05) is 60.6 Å². The summed E-state index contributed by atoms with van der Waals surface area (Å²) in [7, 11) is 3.36. The first-order valence-corrected chi connectivity index (χ1v) is 14.3. The van der Waals surface area contributed by atoms with Crippen molar-refractivity contribution in [3.8, 4) is 0 Å². The van der Waals surface area contributed by atoms with Gasteiger partial charge in [-0.3, -0.25) is 9.69 Å². The fraction of sp³-hybridized carbons (Fsp3) is 0.533. The number of rotatable bonds is 9. The van der Waals surface area contributed by atoms with Gasteiger partial charge >= 0.3 is 6.09 Å². The highest BCUT2D eigenvalue weighted by molar-refractivity contribution is 6.30. The molecule has 40 heavy (non-hydrogen) atoms. The van der Waals surface area contributed by atoms with Crippen LogP contribution in [0.5, 0.6) is 0 Å². The minimum absolute atomic E-state index is 0.0612. The Labute approximate surface area is 240 Å². The first kappa shape index (κ1) is 30.2. The molecule has 0 spiro atoms. The third kappa shape index (κ3) is 7.51. The van der Waals surface area contributed by atoms with Crippen LogP contribution in [0.25, 0.3) is 0 Å². The van der Waals surface area contributed by atoms with Gasteiger partial charge in [-0.2, -0.15) is 0 Å². The summed E-state index contributed by atoms with van der Waals surface area (Å²) in [5.74, 6) is -1.12. The van der Waals surface area contributed by atoms with E-state index in [9.17, 15) is 9.59 Å². The molecule has 1 unspecified atom stereocenters. The molecule has 3 N–H and O–H groups in total. The van der Waals surface area contributed by atoms with Crippen molar-refractivity contribution in [3.05, 3.63) is 64.4 Å². The molecular formula is C30H40ClFN4O4. The quantitative estimate of drug-likeness (QED) is 0.406. The highest BCUT2D eigenvalue weighted by Gasteiger charge is 2.38. The molecule has 10 heteroatoms. The van der Waals surface area contributed by atoms with Crippen LogP contribution in [0.1, 0.15) is 43.2 Å². The number of halogens is 2. The molecule has 8 nitrogen and oxygen atoms in total. The molecule has 2 amide bonds. The lowest BCUT2D eigenvalue weighted by molar-refractivity contribution is -0.119. The van der Waals surface area contributed by atoms with Crippen LogP contribution < -0.4 is 16.0 Å². The average Bonchev–Trinajstić information content (AvgIpc) is 2.95. The Kier molecular flexibility index (Phi) is 10.8. The van der Waals surface area contributed by atoms with Crippen LogP contribution in [0.3, 0.4) is 0 Å². The first-order valence-electron chi connectivity index (χ1n) is 14.0. The van der Waals surface area contributed by atoms with Crippen LogP contribution in [0, 0.1) is 11.7 Å². The summed E-state index contributed by atoms with van der Waals surface area (Å²) in [6, 6.07) is 11.7. The van der Waals surface area contributed by atoms with Crippen molar-refractivity contribution in [2.24, 2.45) is 5.92 Å². The molecule has 2 heterocycles. The average molecular weight is 575 g/mol. The van der Waals surface area contributed by atoms with Crippen LogP contribution in [0.4, 0.5) is 14.9 Å². The fourth-order valence-electron chi connectivity index (χ4n) is 5.86. The smallest absolute Gasteiger partial charge is 0.407 e. The van der Waals surface area contributed by atoms with Crippen LogP contribution in [0.2, 0.25) is 5.02 Å². The zero-order chi connectivity index (χ0) is 28.6. The first-order chi connectivity index (χ1) is 19.3. The standard InChI is InChI=1S/C30H40ClFN4O4/c1-19-17-33-18-23(36(19)2)11-12-24-25(32)5-4-6-26(24)34-29(37)28(35-30(38)39-3)27(21-13-15-40-16-14-21)20-7-9-22(31)10-8-20/h4-10,19,21,23,27-28,33H,11-18H2,1-3H3,(H,34,37)(H,35,38)/t19-,23+,27?,28+/m1/s1. The molecule has 218 valence electrons. The number of alkyl carbamates (subject to hydrolysis) is 1. The minimum Gasteiger partial charge on any atom is -0.453 e. The molecule has 0 aromatic heterocycles. The van der Waals surface area contributed by atoms with Gasteiger partial charge in [-0.05, 0) is 75.4 Å². The maximum absolute atomic E-state index is 15.1. The zero-order valence-corrected chi connectivity index (χ0v) is 24.2. The minimum atomic E-state index is -0.970. The number of amides is 2. The van der Waals surface area contributed by atoms with E-state index in [0.717, 1.165) is 37.9 Å². The second-order valence-corrected chi connectivity index (χ2v) is 11.2. The maximum Gasteiger partial charge on any atom is 0.407 e. The highest BCUT2D eigenvalue weighted by Crippen LogP contribution is 2.36. The molecule has 2 aliphatic rings. The molecule has 2 saturated heterocycles. The number of hydrogen-bond donors (Lipinski definition) is 3. The van der Waals surface area contributed by atoms with Gasteiger partial charge in [-0.15, -0.1) is 0 Å². The van der Waals surface area contributed by atoms with Gasteiger partial charge in [0.25, 0.3) is 0 Å². The van der Waals surface area contributed by atoms with E-state index in [2.05, 4.69) is 34.8 Å². The maximum atomic E-state index is 15.1. The van der Waals surface area contributed by atoms with Crippen LogP contribution in [0.15, 0.2) is 42.5 Å². The number of carbonyl (C=O) groups is 2. The summed E-state index contributed by atoms with van der Waals surface area (Å²) < 4.78 is 25.6. The van der Waals surface area contributed by atoms with E-state index < -0.39 is 18.0 Å². The topological polar surface area (TPSA) is 91.9 Å². The largest absolute Gasteiger partial charge is 0.453 e. The van der Waals surface area contributed by atoms with Crippen LogP contribution >= 0.6 is 11.6 Å². The van der Waals surface area contributed by atoms with Crippen molar-refractivity contribution >= 4 is 29.3 Å². The van der Waals surface area contributed by atoms with E-state index in [1.807, 2.05) is 12.1 Å². The second-order valence-electron chi connectivity index (χ2n) is 10.8. The summed E-state index contributed by atoms with van der Waals surface area (Å²) >= 11 is 6.16. The highest BCUT2D eigenvalue weighted by atomic mass is 35.5. The molecular weight excluding hydrogens is 535 g/mol. The molecule has 0 radical (unpaired) electrons. The Hall–Kier alpha value is -2.72. The predicted octanol–water partition coefficient (Wildman–Crippen LogP) is 4.58. The Morgan fingerprint density at radius 1 is 1.18 bits per heavy atom. The SMILES string of the molecule is COC(=O)N[C@H](C(=O)Nc1cccc(F)c1CC[C@H]1CNC[C@@H](C)N1C)C(c1ccc(Cl)cc1)C1CCOCC1. The van der Waals surface area contributed by atoms with Crippen molar-refractivity contribution in [1.82, 2.24) is 15.5 Å². The van der Waals surface area contributed by atoms with Gasteiger partial charge in [-0.1, -0.05) is 29.8 Å². The molecule has 2 aromatic carbocycles. The molecule has 2 aromatic rings. The summed E-state index contributed by atoms with van der Waals surface area (Å²) in [6.07, 6.45) is 1.93. The zero-order valence-electron chi connectivity index (χ0n) is 23.4. The van der Waals surface area contributed by atoms with E-state index in [1.54, 1.807) is 24.3 Å². The Bertz CT molecular complexity index is 1150. The van der Waals surface area contributed by atoms with Crippen LogP contribution in [-0.2, 0) is 20.7 Å². The lowest BCUT2D eigenvalue weighted by atomic mass is 9.76. The Morgan fingerprint density at radius 3 is 2.60 bits per heavy atom. The second kappa shape index (κ2) is 14.3. The van der Waals surface area contributed by atoms with Crippen molar-refractivity contribution in [1.29, 1.82) is 0 Å². The van der Waals surface area contributed by atoms with Gasteiger partial charge in [0.2, 0.25) is 5.91 Å². The Balaban J connectivity index is 1.61. The number of ether oxygens (including phenoxy) is 2. The van der Waals surface area contributed by atoms with Crippen molar-refractivity contribution < 1.29 is 23.5 Å². The van der Waals surface area contributed by atoms with E-state index >= 15 is 4.39 Å². The normalized spacial score (nSPS) is 21.8. The molecule has 2 fully saturated rings. The fourth-order valence-corrected chi connectivity index (χ4v) is 5.99. The number of nitrogens with zero attached hydrogens (tertiary/aromatic N) is 1. The van der Waals surface area contributed by atoms with Crippen molar-refractivity contribution in [2.75, 3.05) is 45.8 Å². The number of piperazine rings is 1. The van der Waals surface area contributed by atoms with Gasteiger partial charge in [0.15, 0.2) is 0 Å². The number of benzene rings is 2. The van der Waals surface area contributed by atoms with Crippen LogP contribution in [-0.4, -0.2) is 75.5 Å². The van der Waals surface area contributed by atoms with Crippen molar-refractivity contribution in [3.63, 3.8) is 0 Å². The number of hydrogen-bond acceptors (Lipinski definition) is 6. The molecule has 0 saturated carbocycles. The molecule has 2 aliphatic heterocycles. The number of nitrogens with one attached hydrogen (secondary N) is 3. The van der Waals surface area contributed by atoms with Gasteiger partial charge < -0.3 is 25.4 Å². The van der Waals surface area contributed by atoms with E-state index in [4.69, 9.17) is 21.1 Å². The molecule has 0 aliphatic carbocycles. The summed E-state index contributed by atoms with van der Waals surface area (Å²) in [6.45, 7) is 5.05. The van der Waals surface area contributed by atoms with E-state index in [1.165, 1.54) is 13.2 Å². The summed E-state index contributed by atoms with van der Waals surface area (Å²) in [5, 5.41) is 9.74. The lowest BCUT2D eigenvalue weighted by Crippen LogP contribution is -2.54. The predicted molar refractivity (Wildman–Crippen MR) is 154 cm³/mol.